The van der Waals surface area contributed by atoms with E-state index in [1.54, 1.807) is 6.08 Å². The highest BCUT2D eigenvalue weighted by atomic mass is 16.6. The predicted octanol–water partition coefficient (Wildman–Crippen LogP) is 2.17. The number of aliphatic hydroxyl groups excluding tert-OH is 2. The molecular formula is C20H28O5. The average molecular weight is 348 g/mol. The van der Waals surface area contributed by atoms with Gasteiger partial charge in [-0.25, -0.2) is 4.79 Å². The number of hydrogen-bond acceptors (Lipinski definition) is 5. The number of aliphatic hydroxyl groups is 2. The summed E-state index contributed by atoms with van der Waals surface area (Å²) in [6.45, 7) is 8.32. The quantitative estimate of drug-likeness (QED) is 0.353. The maximum atomic E-state index is 11.8. The Balaban J connectivity index is 1.90. The monoisotopic (exact) mass is 348 g/mol. The largest absolute Gasteiger partial charge is 0.459 e. The highest BCUT2D eigenvalue weighted by Gasteiger charge is 2.57. The Hall–Kier alpha value is -1.46. The molecule has 3 aliphatic rings. The molecule has 25 heavy (non-hydrogen) atoms. The van der Waals surface area contributed by atoms with Gasteiger partial charge < -0.3 is 19.7 Å². The van der Waals surface area contributed by atoms with Gasteiger partial charge >= 0.3 is 5.97 Å². The molecule has 2 saturated carbocycles. The summed E-state index contributed by atoms with van der Waals surface area (Å²) in [6.07, 6.45) is 4.92. The van der Waals surface area contributed by atoms with E-state index in [0.29, 0.717) is 18.4 Å². The van der Waals surface area contributed by atoms with Crippen LogP contribution in [0.5, 0.6) is 0 Å². The molecule has 2 aliphatic carbocycles. The van der Waals surface area contributed by atoms with Gasteiger partial charge in [0.05, 0.1) is 17.1 Å². The van der Waals surface area contributed by atoms with Gasteiger partial charge in [0.15, 0.2) is 0 Å². The van der Waals surface area contributed by atoms with Gasteiger partial charge in [-0.15, -0.1) is 0 Å². The van der Waals surface area contributed by atoms with Crippen molar-refractivity contribution in [3.05, 3.63) is 23.8 Å². The number of carbonyl (C=O) groups is 2. The molecule has 0 aromatic heterocycles. The maximum absolute atomic E-state index is 11.8. The third-order valence-electron chi connectivity index (χ3n) is 7.06. The highest BCUT2D eigenvalue weighted by Crippen LogP contribution is 2.61. The van der Waals surface area contributed by atoms with Crippen molar-refractivity contribution in [2.75, 3.05) is 6.61 Å². The zero-order chi connectivity index (χ0) is 18.4. The van der Waals surface area contributed by atoms with Gasteiger partial charge in [-0.3, -0.25) is 0 Å². The molecule has 1 heterocycles. The molecule has 3 fully saturated rings. The van der Waals surface area contributed by atoms with E-state index in [0.717, 1.165) is 31.1 Å². The van der Waals surface area contributed by atoms with Gasteiger partial charge in [-0.1, -0.05) is 32.1 Å². The zero-order valence-electron chi connectivity index (χ0n) is 15.0. The van der Waals surface area contributed by atoms with Crippen LogP contribution in [0.15, 0.2) is 23.8 Å². The van der Waals surface area contributed by atoms with Crippen molar-refractivity contribution >= 4 is 12.3 Å². The van der Waals surface area contributed by atoms with Crippen molar-refractivity contribution in [1.82, 2.24) is 0 Å². The van der Waals surface area contributed by atoms with Gasteiger partial charge in [0, 0.05) is 0 Å². The van der Waals surface area contributed by atoms with Crippen molar-refractivity contribution in [1.29, 1.82) is 0 Å². The molecule has 0 aromatic carbocycles. The van der Waals surface area contributed by atoms with Crippen molar-refractivity contribution in [3.8, 4) is 0 Å². The molecule has 2 unspecified atom stereocenters. The van der Waals surface area contributed by atoms with Crippen LogP contribution < -0.4 is 0 Å². The molecule has 0 spiro atoms. The first-order valence-electron chi connectivity index (χ1n) is 9.11. The number of carbonyl (C=O) groups excluding carboxylic acids is 2. The SMILES string of the molecule is C=C1CCC2[C@@](C)(CC[C@@H](O)[C@@]2(C)C=O)C1C/C=C1/C(=O)OC[C@H]1O. The first-order valence-corrected chi connectivity index (χ1v) is 9.11. The minimum absolute atomic E-state index is 0.0194. The van der Waals surface area contributed by atoms with E-state index in [4.69, 9.17) is 4.74 Å². The number of aldehydes is 1. The molecule has 0 aromatic rings. The van der Waals surface area contributed by atoms with Crippen LogP contribution in [-0.4, -0.2) is 41.3 Å². The van der Waals surface area contributed by atoms with E-state index in [2.05, 4.69) is 13.5 Å². The van der Waals surface area contributed by atoms with Crippen LogP contribution in [0.1, 0.15) is 46.0 Å². The molecule has 0 amide bonds. The lowest BCUT2D eigenvalue weighted by Gasteiger charge is -2.58. The van der Waals surface area contributed by atoms with E-state index in [1.807, 2.05) is 6.92 Å². The topological polar surface area (TPSA) is 83.8 Å². The lowest BCUT2D eigenvalue weighted by molar-refractivity contribution is -0.151. The summed E-state index contributed by atoms with van der Waals surface area (Å²) < 4.78 is 4.88. The highest BCUT2D eigenvalue weighted by molar-refractivity contribution is 5.91. The summed E-state index contributed by atoms with van der Waals surface area (Å²) in [7, 11) is 0. The van der Waals surface area contributed by atoms with Crippen LogP contribution in [0.25, 0.3) is 0 Å². The molecule has 138 valence electrons. The zero-order valence-corrected chi connectivity index (χ0v) is 15.0. The van der Waals surface area contributed by atoms with Gasteiger partial charge in [-0.2, -0.15) is 0 Å². The average Bonchev–Trinajstić information content (AvgIpc) is 2.89. The van der Waals surface area contributed by atoms with Gasteiger partial charge in [-0.05, 0) is 49.4 Å². The number of cyclic esters (lactones) is 1. The summed E-state index contributed by atoms with van der Waals surface area (Å²) in [4.78, 5) is 23.6. The lowest BCUT2D eigenvalue weighted by Crippen LogP contribution is -2.56. The minimum Gasteiger partial charge on any atom is -0.459 e. The number of esters is 1. The summed E-state index contributed by atoms with van der Waals surface area (Å²) in [5.74, 6) is -0.255. The number of hydrogen-bond donors (Lipinski definition) is 2. The van der Waals surface area contributed by atoms with Gasteiger partial charge in [0.1, 0.15) is 19.0 Å². The Morgan fingerprint density at radius 3 is 2.64 bits per heavy atom. The van der Waals surface area contributed by atoms with Gasteiger partial charge in [0.2, 0.25) is 0 Å². The molecule has 1 saturated heterocycles. The summed E-state index contributed by atoms with van der Waals surface area (Å²) in [5.41, 5.74) is 0.549. The molecule has 6 atom stereocenters. The molecule has 5 nitrogen and oxygen atoms in total. The molecule has 5 heteroatoms. The molecular weight excluding hydrogens is 320 g/mol. The van der Waals surface area contributed by atoms with E-state index in [9.17, 15) is 19.8 Å². The predicted molar refractivity (Wildman–Crippen MR) is 92.5 cm³/mol. The lowest BCUT2D eigenvalue weighted by atomic mass is 9.46. The van der Waals surface area contributed by atoms with Crippen LogP contribution in [0.3, 0.4) is 0 Å². The first-order chi connectivity index (χ1) is 11.7. The number of ether oxygens (including phenoxy) is 1. The Labute approximate surface area is 148 Å². The number of rotatable bonds is 3. The summed E-state index contributed by atoms with van der Waals surface area (Å²) >= 11 is 0. The summed E-state index contributed by atoms with van der Waals surface area (Å²) in [6, 6.07) is 0. The molecule has 1 aliphatic heterocycles. The molecule has 0 bridgehead atoms. The van der Waals surface area contributed by atoms with Crippen LogP contribution in [-0.2, 0) is 14.3 Å². The fraction of sp³-hybridized carbons (Fsp3) is 0.700. The third kappa shape index (κ3) is 2.77. The van der Waals surface area contributed by atoms with E-state index in [1.165, 1.54) is 0 Å². The summed E-state index contributed by atoms with van der Waals surface area (Å²) in [5, 5.41) is 20.3. The minimum atomic E-state index is -0.860. The Bertz CT molecular complexity index is 624. The fourth-order valence-electron chi connectivity index (χ4n) is 5.43. The molecule has 0 radical (unpaired) electrons. The van der Waals surface area contributed by atoms with Crippen molar-refractivity contribution in [2.45, 2.75) is 58.2 Å². The number of fused-ring (bicyclic) bond motifs is 1. The van der Waals surface area contributed by atoms with Crippen molar-refractivity contribution in [3.63, 3.8) is 0 Å². The second-order valence-corrected chi connectivity index (χ2v) is 8.36. The Morgan fingerprint density at radius 1 is 1.32 bits per heavy atom. The van der Waals surface area contributed by atoms with Crippen molar-refractivity contribution < 1.29 is 24.5 Å². The third-order valence-corrected chi connectivity index (χ3v) is 7.06. The second-order valence-electron chi connectivity index (χ2n) is 8.36. The second kappa shape index (κ2) is 6.36. The fourth-order valence-corrected chi connectivity index (χ4v) is 5.43. The van der Waals surface area contributed by atoms with E-state index < -0.39 is 23.6 Å². The van der Waals surface area contributed by atoms with Crippen LogP contribution in [0.4, 0.5) is 0 Å². The van der Waals surface area contributed by atoms with E-state index >= 15 is 0 Å². The van der Waals surface area contributed by atoms with Crippen molar-refractivity contribution in [2.24, 2.45) is 22.7 Å². The molecule has 3 rings (SSSR count). The molecule has 2 N–H and O–H groups in total. The first kappa shape index (κ1) is 18.3. The Morgan fingerprint density at radius 2 is 2.04 bits per heavy atom. The van der Waals surface area contributed by atoms with Crippen LogP contribution in [0.2, 0.25) is 0 Å². The Kier molecular flexibility index (Phi) is 4.67. The van der Waals surface area contributed by atoms with Gasteiger partial charge in [0.25, 0.3) is 0 Å². The van der Waals surface area contributed by atoms with Crippen LogP contribution in [0, 0.1) is 22.7 Å². The number of allylic oxidation sites excluding steroid dienone is 2. The normalized spacial score (nSPS) is 46.0. The van der Waals surface area contributed by atoms with Crippen LogP contribution >= 0.6 is 0 Å². The van der Waals surface area contributed by atoms with E-state index in [-0.39, 0.29) is 23.9 Å². The standard InChI is InChI=1S/C20H28O5/c1-12-4-7-16-19(2,9-8-17(23)20(16,3)11-21)14(12)6-5-13-15(22)10-25-18(13)24/h5,11,14-17,22-23H,1,4,6-10H2,2-3H3/b13-5+/t14?,15-,16?,17-,19+,20+/m1/s1. The maximum Gasteiger partial charge on any atom is 0.336 e. The smallest absolute Gasteiger partial charge is 0.336 e.